The fourth-order valence-corrected chi connectivity index (χ4v) is 2.34. The maximum atomic E-state index is 5.40. The van der Waals surface area contributed by atoms with Gasteiger partial charge in [-0.15, -0.1) is 24.0 Å². The van der Waals surface area contributed by atoms with Crippen molar-refractivity contribution >= 4 is 29.9 Å². The number of hydrogen-bond donors (Lipinski definition) is 1. The molecule has 1 aliphatic heterocycles. The van der Waals surface area contributed by atoms with Gasteiger partial charge in [-0.2, -0.15) is 0 Å². The van der Waals surface area contributed by atoms with E-state index in [0.717, 1.165) is 29.6 Å². The Morgan fingerprint density at radius 2 is 1.79 bits per heavy atom. The molecule has 0 saturated heterocycles. The number of benzene rings is 2. The van der Waals surface area contributed by atoms with E-state index in [1.165, 1.54) is 5.56 Å². The molecule has 0 aliphatic carbocycles. The minimum absolute atomic E-state index is 0. The highest BCUT2D eigenvalue weighted by Crippen LogP contribution is 2.32. The Labute approximate surface area is 159 Å². The molecule has 0 atom stereocenters. The molecule has 0 fully saturated rings. The molecule has 2 aromatic rings. The van der Waals surface area contributed by atoms with Crippen LogP contribution in [0.5, 0.6) is 11.5 Å². The van der Waals surface area contributed by atoms with Gasteiger partial charge in [0.25, 0.3) is 0 Å². The Morgan fingerprint density at radius 3 is 2.54 bits per heavy atom. The Hall–Kier alpha value is -1.96. The predicted octanol–water partition coefficient (Wildman–Crippen LogP) is 3.24. The van der Waals surface area contributed by atoms with E-state index in [-0.39, 0.29) is 24.0 Å². The summed E-state index contributed by atoms with van der Waals surface area (Å²) in [5.74, 6) is 2.45. The molecule has 0 unspecified atom stereocenters. The zero-order chi connectivity index (χ0) is 16.1. The summed E-state index contributed by atoms with van der Waals surface area (Å²) in [5, 5.41) is 3.38. The van der Waals surface area contributed by atoms with Crippen LogP contribution in [0, 0.1) is 0 Å². The van der Waals surface area contributed by atoms with Crippen molar-refractivity contribution in [3.63, 3.8) is 0 Å². The molecule has 5 nitrogen and oxygen atoms in total. The van der Waals surface area contributed by atoms with Gasteiger partial charge in [-0.3, -0.25) is 0 Å². The average Bonchev–Trinajstić information content (AvgIpc) is 3.03. The van der Waals surface area contributed by atoms with Crippen molar-refractivity contribution < 1.29 is 9.47 Å². The lowest BCUT2D eigenvalue weighted by Gasteiger charge is -2.17. The number of aliphatic imine (C=N–C) groups is 1. The summed E-state index contributed by atoms with van der Waals surface area (Å²) in [6, 6.07) is 16.2. The first kappa shape index (κ1) is 18.4. The van der Waals surface area contributed by atoms with Gasteiger partial charge in [0, 0.05) is 20.6 Å². The second kappa shape index (κ2) is 8.77. The van der Waals surface area contributed by atoms with Crippen molar-refractivity contribution in [3.8, 4) is 11.5 Å². The molecule has 3 rings (SSSR count). The van der Waals surface area contributed by atoms with E-state index in [1.807, 2.05) is 55.4 Å². The highest BCUT2D eigenvalue weighted by atomic mass is 127. The maximum absolute atomic E-state index is 5.40. The van der Waals surface area contributed by atoms with E-state index in [0.29, 0.717) is 13.3 Å². The van der Waals surface area contributed by atoms with Crippen molar-refractivity contribution in [1.29, 1.82) is 0 Å². The van der Waals surface area contributed by atoms with Crippen LogP contribution in [0.3, 0.4) is 0 Å². The zero-order valence-electron chi connectivity index (χ0n) is 13.9. The van der Waals surface area contributed by atoms with E-state index in [1.54, 1.807) is 0 Å². The summed E-state index contributed by atoms with van der Waals surface area (Å²) in [5.41, 5.74) is 2.32. The van der Waals surface area contributed by atoms with Gasteiger partial charge >= 0.3 is 0 Å². The first-order valence-corrected chi connectivity index (χ1v) is 7.60. The first-order valence-electron chi connectivity index (χ1n) is 7.60. The monoisotopic (exact) mass is 439 g/mol. The van der Waals surface area contributed by atoms with Gasteiger partial charge in [0.1, 0.15) is 0 Å². The number of halogens is 1. The van der Waals surface area contributed by atoms with Crippen molar-refractivity contribution in [3.05, 3.63) is 59.7 Å². The van der Waals surface area contributed by atoms with Crippen molar-refractivity contribution in [2.24, 2.45) is 4.99 Å². The van der Waals surface area contributed by atoms with Crippen molar-refractivity contribution in [1.82, 2.24) is 10.2 Å². The molecule has 128 valence electrons. The highest BCUT2D eigenvalue weighted by molar-refractivity contribution is 14.0. The fourth-order valence-electron chi connectivity index (χ4n) is 2.34. The van der Waals surface area contributed by atoms with Crippen molar-refractivity contribution in [2.45, 2.75) is 13.1 Å². The lowest BCUT2D eigenvalue weighted by molar-refractivity contribution is 0.174. The van der Waals surface area contributed by atoms with E-state index in [2.05, 4.69) is 22.4 Å². The smallest absolute Gasteiger partial charge is 0.231 e. The molecule has 1 heterocycles. The molecule has 24 heavy (non-hydrogen) atoms. The summed E-state index contributed by atoms with van der Waals surface area (Å²) in [4.78, 5) is 6.65. The van der Waals surface area contributed by atoms with E-state index in [9.17, 15) is 0 Å². The minimum Gasteiger partial charge on any atom is -0.454 e. The second-order valence-electron chi connectivity index (χ2n) is 5.56. The van der Waals surface area contributed by atoms with Crippen LogP contribution in [0.1, 0.15) is 11.1 Å². The number of nitrogens with one attached hydrogen (secondary N) is 1. The number of rotatable bonds is 4. The summed E-state index contributed by atoms with van der Waals surface area (Å²) in [7, 11) is 3.97. The normalized spacial score (nSPS) is 12.5. The molecule has 0 aromatic heterocycles. The summed E-state index contributed by atoms with van der Waals surface area (Å²) >= 11 is 0. The molecule has 1 aliphatic rings. The van der Waals surface area contributed by atoms with Crippen LogP contribution in [0.15, 0.2) is 53.5 Å². The lowest BCUT2D eigenvalue weighted by atomic mass is 10.2. The van der Waals surface area contributed by atoms with Crippen LogP contribution >= 0.6 is 24.0 Å². The molecule has 6 heteroatoms. The number of guanidine groups is 1. The van der Waals surface area contributed by atoms with Gasteiger partial charge in [0.15, 0.2) is 17.5 Å². The minimum atomic E-state index is 0. The van der Waals surface area contributed by atoms with Crippen molar-refractivity contribution in [2.75, 3.05) is 20.9 Å². The second-order valence-corrected chi connectivity index (χ2v) is 5.56. The standard InChI is InChI=1S/C18H21N3O2.HI/c1-21(2)18(19-11-14-6-4-3-5-7-14)20-12-15-8-9-16-17(10-15)23-13-22-16;/h3-10H,11-13H2,1-2H3,(H,19,20);1H. The number of fused-ring (bicyclic) bond motifs is 1. The summed E-state index contributed by atoms with van der Waals surface area (Å²) in [6.45, 7) is 1.63. The molecule has 0 bridgehead atoms. The Morgan fingerprint density at radius 1 is 1.04 bits per heavy atom. The van der Waals surface area contributed by atoms with Gasteiger partial charge in [-0.25, -0.2) is 4.99 Å². The maximum Gasteiger partial charge on any atom is 0.231 e. The molecule has 1 N–H and O–H groups in total. The van der Waals surface area contributed by atoms with Crippen LogP contribution < -0.4 is 14.8 Å². The van der Waals surface area contributed by atoms with Crippen LogP contribution in [0.25, 0.3) is 0 Å². The molecule has 0 radical (unpaired) electrons. The summed E-state index contributed by atoms with van der Waals surface area (Å²) < 4.78 is 10.7. The van der Waals surface area contributed by atoms with E-state index in [4.69, 9.17) is 9.47 Å². The van der Waals surface area contributed by atoms with E-state index >= 15 is 0 Å². The van der Waals surface area contributed by atoms with Gasteiger partial charge < -0.3 is 19.7 Å². The Kier molecular flexibility index (Phi) is 6.72. The Bertz CT molecular complexity index is 690. The zero-order valence-corrected chi connectivity index (χ0v) is 16.2. The molecule has 0 amide bonds. The number of nitrogens with zero attached hydrogens (tertiary/aromatic N) is 2. The quantitative estimate of drug-likeness (QED) is 0.452. The number of ether oxygens (including phenoxy) is 2. The third-order valence-corrected chi connectivity index (χ3v) is 3.57. The SMILES string of the molecule is CN(C)C(=NCc1ccc2c(c1)OCO2)NCc1ccccc1.I. The van der Waals surface area contributed by atoms with Crippen LogP contribution in [0.4, 0.5) is 0 Å². The lowest BCUT2D eigenvalue weighted by Crippen LogP contribution is -2.36. The van der Waals surface area contributed by atoms with Gasteiger partial charge in [0.2, 0.25) is 6.79 Å². The van der Waals surface area contributed by atoms with Gasteiger partial charge in [-0.1, -0.05) is 36.4 Å². The number of hydrogen-bond acceptors (Lipinski definition) is 3. The van der Waals surface area contributed by atoms with Gasteiger partial charge in [-0.05, 0) is 23.3 Å². The molecule has 0 saturated carbocycles. The third kappa shape index (κ3) is 4.77. The predicted molar refractivity (Wildman–Crippen MR) is 106 cm³/mol. The first-order chi connectivity index (χ1) is 11.2. The van der Waals surface area contributed by atoms with E-state index < -0.39 is 0 Å². The molecule has 0 spiro atoms. The third-order valence-electron chi connectivity index (χ3n) is 3.57. The molecular formula is C18H22IN3O2. The summed E-state index contributed by atoms with van der Waals surface area (Å²) in [6.07, 6.45) is 0. The van der Waals surface area contributed by atoms with Gasteiger partial charge in [0.05, 0.1) is 6.54 Å². The molecular weight excluding hydrogens is 417 g/mol. The largest absolute Gasteiger partial charge is 0.454 e. The highest BCUT2D eigenvalue weighted by Gasteiger charge is 2.13. The van der Waals surface area contributed by atoms with Crippen LogP contribution in [-0.2, 0) is 13.1 Å². The topological polar surface area (TPSA) is 46.1 Å². The van der Waals surface area contributed by atoms with Crippen LogP contribution in [-0.4, -0.2) is 31.7 Å². The molecule has 2 aromatic carbocycles. The fraction of sp³-hybridized carbons (Fsp3) is 0.278. The average molecular weight is 439 g/mol. The van der Waals surface area contributed by atoms with Crippen LogP contribution in [0.2, 0.25) is 0 Å². The Balaban J connectivity index is 0.00000208.